The molecule has 1 amide bonds. The molecule has 0 saturated carbocycles. The second-order valence-corrected chi connectivity index (χ2v) is 8.98. The van der Waals surface area contributed by atoms with E-state index in [-0.39, 0.29) is 17.7 Å². The minimum absolute atomic E-state index is 0.0198. The van der Waals surface area contributed by atoms with E-state index >= 15 is 0 Å². The molecule has 6 heteroatoms. The molecule has 1 fully saturated rings. The van der Waals surface area contributed by atoms with Gasteiger partial charge in [0.1, 0.15) is 5.01 Å². The molecule has 4 rings (SSSR count). The molecule has 30 heavy (non-hydrogen) atoms. The molecule has 0 spiro atoms. The number of hydrogen-bond acceptors (Lipinski definition) is 5. The molecule has 156 valence electrons. The normalized spacial score (nSPS) is 18.2. The summed E-state index contributed by atoms with van der Waals surface area (Å²) in [7, 11) is 0. The first-order valence-corrected chi connectivity index (χ1v) is 11.3. The van der Waals surface area contributed by atoms with E-state index in [1.807, 2.05) is 48.5 Å². The van der Waals surface area contributed by atoms with Gasteiger partial charge in [-0.3, -0.25) is 14.5 Å². The lowest BCUT2D eigenvalue weighted by Crippen LogP contribution is -2.47. The number of aromatic nitrogens is 1. The van der Waals surface area contributed by atoms with Crippen molar-refractivity contribution < 1.29 is 9.59 Å². The molecule has 2 atom stereocenters. The predicted octanol–water partition coefficient (Wildman–Crippen LogP) is 4.14. The number of rotatable bonds is 7. The number of carbonyl (C=O) groups is 2. The maximum absolute atomic E-state index is 12.8. The predicted molar refractivity (Wildman–Crippen MR) is 121 cm³/mol. The summed E-state index contributed by atoms with van der Waals surface area (Å²) < 4.78 is 1.18. The van der Waals surface area contributed by atoms with Crippen LogP contribution in [0, 0.1) is 0 Å². The summed E-state index contributed by atoms with van der Waals surface area (Å²) in [5, 5.41) is 4.04. The summed E-state index contributed by atoms with van der Waals surface area (Å²) in [5.74, 6) is -0.118. The molecule has 2 aromatic carbocycles. The standard InChI is InChI=1S/C24H27N3O2S/c1-17(28)20(15-18-9-3-2-4-10-18)25-23(29)16-27-14-8-7-12-21(27)24-26-19-11-5-6-13-22(19)30-24/h2-6,9-11,13,20-21H,7-8,12,14-16H2,1H3,(H,25,29)/t20-,21-/m1/s1. The van der Waals surface area contributed by atoms with Crippen LogP contribution in [0.15, 0.2) is 54.6 Å². The average Bonchev–Trinajstić information content (AvgIpc) is 3.18. The topological polar surface area (TPSA) is 62.3 Å². The summed E-state index contributed by atoms with van der Waals surface area (Å²) in [4.78, 5) is 32.0. The highest BCUT2D eigenvalue weighted by molar-refractivity contribution is 7.18. The summed E-state index contributed by atoms with van der Waals surface area (Å²) in [5.41, 5.74) is 2.07. The second kappa shape index (κ2) is 9.49. The number of piperidine rings is 1. The summed E-state index contributed by atoms with van der Waals surface area (Å²) in [6, 6.07) is 17.6. The first kappa shape index (κ1) is 20.7. The van der Waals surface area contributed by atoms with Gasteiger partial charge in [0, 0.05) is 0 Å². The first-order chi connectivity index (χ1) is 14.6. The number of benzene rings is 2. The van der Waals surface area contributed by atoms with Gasteiger partial charge in [0.05, 0.1) is 28.8 Å². The summed E-state index contributed by atoms with van der Waals surface area (Å²) in [6.45, 7) is 2.70. The number of nitrogens with one attached hydrogen (secondary N) is 1. The third-order valence-corrected chi connectivity index (χ3v) is 6.80. The average molecular weight is 422 g/mol. The van der Waals surface area contributed by atoms with Crippen molar-refractivity contribution in [2.45, 2.75) is 44.7 Å². The second-order valence-electron chi connectivity index (χ2n) is 7.92. The van der Waals surface area contributed by atoms with Crippen LogP contribution in [0.5, 0.6) is 0 Å². The van der Waals surface area contributed by atoms with E-state index < -0.39 is 6.04 Å². The number of para-hydroxylation sites is 1. The van der Waals surface area contributed by atoms with E-state index in [2.05, 4.69) is 16.3 Å². The Balaban J connectivity index is 1.44. The Morgan fingerprint density at radius 2 is 1.90 bits per heavy atom. The van der Waals surface area contributed by atoms with Gasteiger partial charge in [-0.05, 0) is 50.4 Å². The van der Waals surface area contributed by atoms with E-state index in [0.717, 1.165) is 41.9 Å². The number of carbonyl (C=O) groups excluding carboxylic acids is 2. The fraction of sp³-hybridized carbons (Fsp3) is 0.375. The summed E-state index contributed by atoms with van der Waals surface area (Å²) in [6.07, 6.45) is 3.74. The van der Waals surface area contributed by atoms with Crippen molar-refractivity contribution in [1.29, 1.82) is 0 Å². The number of nitrogens with zero attached hydrogens (tertiary/aromatic N) is 2. The Labute approximate surface area is 181 Å². The highest BCUT2D eigenvalue weighted by atomic mass is 32.1. The zero-order valence-electron chi connectivity index (χ0n) is 17.2. The molecule has 0 unspecified atom stereocenters. The molecular formula is C24H27N3O2S. The van der Waals surface area contributed by atoms with Crippen LogP contribution in [0.3, 0.4) is 0 Å². The fourth-order valence-corrected chi connectivity index (χ4v) is 5.20. The van der Waals surface area contributed by atoms with E-state index in [9.17, 15) is 9.59 Å². The molecule has 1 N–H and O–H groups in total. The highest BCUT2D eigenvalue weighted by Gasteiger charge is 2.29. The van der Waals surface area contributed by atoms with Crippen molar-refractivity contribution in [3.8, 4) is 0 Å². The molecule has 1 aliphatic rings. The molecule has 1 aromatic heterocycles. The lowest BCUT2D eigenvalue weighted by molar-refractivity contribution is -0.128. The van der Waals surface area contributed by atoms with Crippen LogP contribution < -0.4 is 5.32 Å². The van der Waals surface area contributed by atoms with Gasteiger partial charge < -0.3 is 5.32 Å². The molecule has 0 bridgehead atoms. The maximum Gasteiger partial charge on any atom is 0.234 e. The van der Waals surface area contributed by atoms with Gasteiger partial charge in [-0.15, -0.1) is 11.3 Å². The molecule has 5 nitrogen and oxygen atoms in total. The zero-order chi connectivity index (χ0) is 20.9. The van der Waals surface area contributed by atoms with Crippen molar-refractivity contribution in [3.63, 3.8) is 0 Å². The number of ketones is 1. The molecule has 0 radical (unpaired) electrons. The van der Waals surface area contributed by atoms with Crippen LogP contribution in [-0.4, -0.2) is 40.7 Å². The Bertz CT molecular complexity index is 984. The Hall–Kier alpha value is -2.57. The smallest absolute Gasteiger partial charge is 0.234 e. The quantitative estimate of drug-likeness (QED) is 0.623. The minimum Gasteiger partial charge on any atom is -0.345 e. The Kier molecular flexibility index (Phi) is 6.55. The van der Waals surface area contributed by atoms with Crippen LogP contribution in [0.1, 0.15) is 42.8 Å². The van der Waals surface area contributed by atoms with E-state index in [1.165, 1.54) is 4.70 Å². The van der Waals surface area contributed by atoms with Gasteiger partial charge in [-0.25, -0.2) is 4.98 Å². The number of thiazole rings is 1. The van der Waals surface area contributed by atoms with Crippen molar-refractivity contribution in [2.24, 2.45) is 0 Å². The van der Waals surface area contributed by atoms with Crippen molar-refractivity contribution in [1.82, 2.24) is 15.2 Å². The summed E-state index contributed by atoms with van der Waals surface area (Å²) >= 11 is 1.72. The lowest BCUT2D eigenvalue weighted by atomic mass is 10.0. The molecular weight excluding hydrogens is 394 g/mol. The van der Waals surface area contributed by atoms with Gasteiger partial charge in [0.25, 0.3) is 0 Å². The third kappa shape index (κ3) is 4.94. The van der Waals surface area contributed by atoms with Crippen LogP contribution in [-0.2, 0) is 16.0 Å². The Morgan fingerprint density at radius 3 is 2.67 bits per heavy atom. The molecule has 2 heterocycles. The minimum atomic E-state index is -0.495. The van der Waals surface area contributed by atoms with Gasteiger partial charge in [-0.1, -0.05) is 48.9 Å². The zero-order valence-corrected chi connectivity index (χ0v) is 18.0. The molecule has 1 aliphatic heterocycles. The van der Waals surface area contributed by atoms with Crippen LogP contribution in [0.2, 0.25) is 0 Å². The molecule has 0 aliphatic carbocycles. The largest absolute Gasteiger partial charge is 0.345 e. The number of fused-ring (bicyclic) bond motifs is 1. The van der Waals surface area contributed by atoms with Gasteiger partial charge in [0.2, 0.25) is 5.91 Å². The van der Waals surface area contributed by atoms with Gasteiger partial charge >= 0.3 is 0 Å². The SMILES string of the molecule is CC(=O)[C@@H](Cc1ccccc1)NC(=O)CN1CCCC[C@@H]1c1nc2ccccc2s1. The van der Waals surface area contributed by atoms with Crippen molar-refractivity contribution >= 4 is 33.2 Å². The van der Waals surface area contributed by atoms with E-state index in [4.69, 9.17) is 4.98 Å². The third-order valence-electron chi connectivity index (χ3n) is 5.66. The molecule has 1 saturated heterocycles. The van der Waals surface area contributed by atoms with Crippen LogP contribution in [0.25, 0.3) is 10.2 Å². The van der Waals surface area contributed by atoms with Crippen molar-refractivity contribution in [3.05, 3.63) is 65.2 Å². The number of likely N-dealkylation sites (tertiary alicyclic amines) is 1. The van der Waals surface area contributed by atoms with Gasteiger partial charge in [-0.2, -0.15) is 0 Å². The molecule has 3 aromatic rings. The van der Waals surface area contributed by atoms with Crippen LogP contribution in [0.4, 0.5) is 0 Å². The first-order valence-electron chi connectivity index (χ1n) is 10.5. The maximum atomic E-state index is 12.8. The Morgan fingerprint density at radius 1 is 1.13 bits per heavy atom. The highest BCUT2D eigenvalue weighted by Crippen LogP contribution is 2.35. The fourth-order valence-electron chi connectivity index (χ4n) is 4.06. The van der Waals surface area contributed by atoms with E-state index in [1.54, 1.807) is 18.3 Å². The van der Waals surface area contributed by atoms with Crippen molar-refractivity contribution in [2.75, 3.05) is 13.1 Å². The number of Topliss-reactive ketones (excluding diaryl/α,β-unsaturated/α-hetero) is 1. The monoisotopic (exact) mass is 421 g/mol. The number of amides is 1. The van der Waals surface area contributed by atoms with Gasteiger partial charge in [0.15, 0.2) is 5.78 Å². The lowest BCUT2D eigenvalue weighted by Gasteiger charge is -2.34. The van der Waals surface area contributed by atoms with Crippen LogP contribution >= 0.6 is 11.3 Å². The number of hydrogen-bond donors (Lipinski definition) is 1. The van der Waals surface area contributed by atoms with E-state index in [0.29, 0.717) is 13.0 Å².